The number of nitrogens with zero attached hydrogens (tertiary/aromatic N) is 2. The molecule has 0 fully saturated rings. The number of fused-ring (bicyclic) bond motifs is 1. The molecule has 6 heteroatoms. The molecule has 0 saturated heterocycles. The lowest BCUT2D eigenvalue weighted by molar-refractivity contribution is -0.172. The van der Waals surface area contributed by atoms with E-state index in [-0.39, 0.29) is 6.42 Å². The summed E-state index contributed by atoms with van der Waals surface area (Å²) in [4.78, 5) is 4.08. The Hall–Kier alpha value is -1.56. The summed E-state index contributed by atoms with van der Waals surface area (Å²) in [6, 6.07) is 0.791. The van der Waals surface area contributed by atoms with E-state index in [1.807, 2.05) is 13.8 Å². The quantitative estimate of drug-likeness (QED) is 0.938. The predicted octanol–water partition coefficient (Wildman–Crippen LogP) is 3.49. The molecule has 0 spiro atoms. The van der Waals surface area contributed by atoms with Crippen molar-refractivity contribution in [3.8, 4) is 0 Å². The van der Waals surface area contributed by atoms with Gasteiger partial charge >= 0.3 is 6.18 Å². The molecule has 1 aromatic heterocycles. The molecule has 0 radical (unpaired) electrons. The molecule has 20 heavy (non-hydrogen) atoms. The summed E-state index contributed by atoms with van der Waals surface area (Å²) < 4.78 is 41.0. The van der Waals surface area contributed by atoms with Crippen LogP contribution in [0.25, 0.3) is 11.0 Å². The Balaban J connectivity index is 2.63. The van der Waals surface area contributed by atoms with Crippen molar-refractivity contribution in [2.75, 3.05) is 0 Å². The van der Waals surface area contributed by atoms with Crippen molar-refractivity contribution in [1.82, 2.24) is 9.55 Å². The molecule has 2 rings (SSSR count). The number of aryl methyl sites for hydroxylation is 2. The van der Waals surface area contributed by atoms with Gasteiger partial charge in [-0.1, -0.05) is 6.92 Å². The number of nitrogens with two attached hydrogens (primary N) is 1. The highest BCUT2D eigenvalue weighted by Gasteiger charge is 2.44. The van der Waals surface area contributed by atoms with Gasteiger partial charge in [-0.05, 0) is 43.5 Å². The molecule has 0 amide bonds. The van der Waals surface area contributed by atoms with Crippen molar-refractivity contribution in [3.63, 3.8) is 0 Å². The number of halogens is 3. The Bertz CT molecular complexity index is 616. The number of benzene rings is 1. The van der Waals surface area contributed by atoms with Crippen LogP contribution in [-0.4, -0.2) is 21.8 Å². The molecule has 0 aliphatic rings. The normalized spacial score (nSPS) is 15.6. The third-order valence-corrected chi connectivity index (χ3v) is 3.70. The van der Waals surface area contributed by atoms with Crippen LogP contribution >= 0.6 is 0 Å². The Labute approximate surface area is 115 Å². The van der Waals surface area contributed by atoms with Gasteiger partial charge in [-0.25, -0.2) is 4.98 Å². The summed E-state index contributed by atoms with van der Waals surface area (Å²) in [6.45, 7) is 5.43. The van der Waals surface area contributed by atoms with Crippen molar-refractivity contribution in [1.29, 1.82) is 0 Å². The van der Waals surface area contributed by atoms with Crippen molar-refractivity contribution < 1.29 is 13.2 Å². The number of hydrogen-bond acceptors (Lipinski definition) is 2. The van der Waals surface area contributed by atoms with Gasteiger partial charge in [0.25, 0.3) is 0 Å². The zero-order chi connectivity index (χ0) is 15.1. The zero-order valence-electron chi connectivity index (χ0n) is 11.7. The van der Waals surface area contributed by atoms with Crippen LogP contribution in [0.5, 0.6) is 0 Å². The number of rotatable bonds is 3. The molecule has 3 nitrogen and oxygen atoms in total. The summed E-state index contributed by atoms with van der Waals surface area (Å²) in [7, 11) is 0. The standard InChI is InChI=1S/C14H18F3N3/c1-4-10(18)13(14(15,16)17)20-7-19-11-5-8(2)9(3)6-12(11)20/h5-7,10,13H,4,18H2,1-3H3. The zero-order valence-corrected chi connectivity index (χ0v) is 11.7. The van der Waals surface area contributed by atoms with Crippen LogP contribution in [-0.2, 0) is 0 Å². The lowest BCUT2D eigenvalue weighted by Crippen LogP contribution is -2.41. The predicted molar refractivity (Wildman–Crippen MR) is 72.6 cm³/mol. The molecule has 0 bridgehead atoms. The molecule has 2 N–H and O–H groups in total. The fraction of sp³-hybridized carbons (Fsp3) is 0.500. The third-order valence-electron chi connectivity index (χ3n) is 3.70. The van der Waals surface area contributed by atoms with E-state index in [4.69, 9.17) is 5.73 Å². The van der Waals surface area contributed by atoms with Crippen LogP contribution in [0.4, 0.5) is 13.2 Å². The first-order chi connectivity index (χ1) is 9.25. The van der Waals surface area contributed by atoms with Gasteiger partial charge in [-0.2, -0.15) is 13.2 Å². The van der Waals surface area contributed by atoms with Crippen molar-refractivity contribution >= 4 is 11.0 Å². The minimum absolute atomic E-state index is 0.245. The fourth-order valence-electron chi connectivity index (χ4n) is 2.33. The van der Waals surface area contributed by atoms with Crippen LogP contribution in [0.2, 0.25) is 0 Å². The van der Waals surface area contributed by atoms with Crippen LogP contribution in [0.1, 0.15) is 30.5 Å². The third kappa shape index (κ3) is 2.52. The largest absolute Gasteiger partial charge is 0.410 e. The maximum absolute atomic E-state index is 13.3. The molecule has 0 aliphatic heterocycles. The highest BCUT2D eigenvalue weighted by Crippen LogP contribution is 2.36. The van der Waals surface area contributed by atoms with E-state index in [0.717, 1.165) is 15.7 Å². The van der Waals surface area contributed by atoms with Gasteiger partial charge in [-0.15, -0.1) is 0 Å². The van der Waals surface area contributed by atoms with Crippen molar-refractivity contribution in [3.05, 3.63) is 29.6 Å². The minimum atomic E-state index is -4.40. The number of aromatic nitrogens is 2. The fourth-order valence-corrected chi connectivity index (χ4v) is 2.33. The Kier molecular flexibility index (Phi) is 3.77. The van der Waals surface area contributed by atoms with Crippen LogP contribution < -0.4 is 5.73 Å². The molecule has 2 aromatic rings. The van der Waals surface area contributed by atoms with Gasteiger partial charge in [0, 0.05) is 6.04 Å². The van der Waals surface area contributed by atoms with E-state index in [1.54, 1.807) is 19.1 Å². The van der Waals surface area contributed by atoms with E-state index in [9.17, 15) is 13.2 Å². The molecule has 1 heterocycles. The van der Waals surface area contributed by atoms with E-state index in [2.05, 4.69) is 4.98 Å². The topological polar surface area (TPSA) is 43.8 Å². The first-order valence-electron chi connectivity index (χ1n) is 6.51. The Morgan fingerprint density at radius 3 is 2.40 bits per heavy atom. The number of hydrogen-bond donors (Lipinski definition) is 1. The van der Waals surface area contributed by atoms with Crippen LogP contribution in [0, 0.1) is 13.8 Å². The number of imidazole rings is 1. The second-order valence-corrected chi connectivity index (χ2v) is 5.14. The molecule has 110 valence electrons. The molecule has 1 aromatic carbocycles. The smallest absolute Gasteiger partial charge is 0.326 e. The minimum Gasteiger partial charge on any atom is -0.326 e. The molecule has 0 aliphatic carbocycles. The van der Waals surface area contributed by atoms with Crippen molar-refractivity contribution in [2.24, 2.45) is 5.73 Å². The van der Waals surface area contributed by atoms with Gasteiger partial charge < -0.3 is 10.3 Å². The first-order valence-corrected chi connectivity index (χ1v) is 6.51. The van der Waals surface area contributed by atoms with Gasteiger partial charge in [0.1, 0.15) is 6.04 Å². The van der Waals surface area contributed by atoms with E-state index >= 15 is 0 Å². The second-order valence-electron chi connectivity index (χ2n) is 5.14. The SMILES string of the molecule is CCC(N)C(n1cnc2cc(C)c(C)cc21)C(F)(F)F. The van der Waals surface area contributed by atoms with E-state index in [0.29, 0.717) is 11.0 Å². The van der Waals surface area contributed by atoms with Gasteiger partial charge in [0.05, 0.1) is 17.4 Å². The molecule has 0 saturated carbocycles. The highest BCUT2D eigenvalue weighted by atomic mass is 19.4. The average molecular weight is 285 g/mol. The summed E-state index contributed by atoms with van der Waals surface area (Å²) in [5.74, 6) is 0. The van der Waals surface area contributed by atoms with E-state index < -0.39 is 18.3 Å². The molecular formula is C14H18F3N3. The lowest BCUT2D eigenvalue weighted by Gasteiger charge is -2.27. The first kappa shape index (κ1) is 14.8. The summed E-state index contributed by atoms with van der Waals surface area (Å²) in [5.41, 5.74) is 8.66. The molecule has 2 atom stereocenters. The van der Waals surface area contributed by atoms with Gasteiger partial charge in [-0.3, -0.25) is 0 Å². The second kappa shape index (κ2) is 5.09. The van der Waals surface area contributed by atoms with Crippen LogP contribution in [0.15, 0.2) is 18.5 Å². The summed E-state index contributed by atoms with van der Waals surface area (Å²) in [6.07, 6.45) is -2.92. The molecule has 2 unspecified atom stereocenters. The molecular weight excluding hydrogens is 267 g/mol. The van der Waals surface area contributed by atoms with E-state index in [1.165, 1.54) is 6.33 Å². The monoisotopic (exact) mass is 285 g/mol. The maximum atomic E-state index is 13.3. The van der Waals surface area contributed by atoms with Crippen molar-refractivity contribution in [2.45, 2.75) is 45.5 Å². The lowest BCUT2D eigenvalue weighted by atomic mass is 10.0. The van der Waals surface area contributed by atoms with Gasteiger partial charge in [0.15, 0.2) is 0 Å². The summed E-state index contributed by atoms with van der Waals surface area (Å²) in [5, 5.41) is 0. The highest BCUT2D eigenvalue weighted by molar-refractivity contribution is 5.77. The van der Waals surface area contributed by atoms with Crippen LogP contribution in [0.3, 0.4) is 0 Å². The maximum Gasteiger partial charge on any atom is 0.410 e. The average Bonchev–Trinajstić information content (AvgIpc) is 2.71. The summed E-state index contributed by atoms with van der Waals surface area (Å²) >= 11 is 0. The Morgan fingerprint density at radius 1 is 1.25 bits per heavy atom. The number of alkyl halides is 3. The van der Waals surface area contributed by atoms with Gasteiger partial charge in [0.2, 0.25) is 0 Å². The Morgan fingerprint density at radius 2 is 1.85 bits per heavy atom.